The van der Waals surface area contributed by atoms with Crippen LogP contribution in [-0.2, 0) is 14.3 Å². The molecule has 45 heavy (non-hydrogen) atoms. The van der Waals surface area contributed by atoms with Crippen LogP contribution >= 0.6 is 0 Å². The van der Waals surface area contributed by atoms with Crippen LogP contribution in [0.15, 0.2) is 11.6 Å². The fraction of sp³-hybridized carbons (Fsp3) is 0.889. The number of ether oxygens (including phenoxy) is 1. The zero-order valence-corrected chi connectivity index (χ0v) is 27.9. The SMILES string of the molecule is C[C@@H]1CC[C@]2(C(=O)O)CC[C@]3(C)C(=CCC4[C@@]5(C)CC[C@H](C(O)[C@@H]6OC(C(=O)O)[C@@H](O)C(O)C6O)[C@H](C)C5CC[C@]43C)C2[C@H]1C. The van der Waals surface area contributed by atoms with Gasteiger partial charge < -0.3 is 35.4 Å². The van der Waals surface area contributed by atoms with Gasteiger partial charge in [0.2, 0.25) is 0 Å². The van der Waals surface area contributed by atoms with E-state index in [2.05, 4.69) is 47.6 Å². The molecule has 254 valence electrons. The second kappa shape index (κ2) is 11.0. The molecule has 9 heteroatoms. The lowest BCUT2D eigenvalue weighted by Gasteiger charge is -2.70. The Morgan fingerprint density at radius 1 is 0.867 bits per heavy atom. The Labute approximate surface area is 267 Å². The van der Waals surface area contributed by atoms with Gasteiger partial charge in [-0.15, -0.1) is 0 Å². The normalized spacial score (nSPS) is 55.2. The maximum absolute atomic E-state index is 13.0. The van der Waals surface area contributed by atoms with Crippen LogP contribution in [0.1, 0.15) is 99.3 Å². The highest BCUT2D eigenvalue weighted by molar-refractivity contribution is 5.76. The van der Waals surface area contributed by atoms with Crippen molar-refractivity contribution in [1.29, 1.82) is 0 Å². The Morgan fingerprint density at radius 2 is 1.56 bits per heavy atom. The minimum Gasteiger partial charge on any atom is -0.481 e. The topological polar surface area (TPSA) is 165 Å². The van der Waals surface area contributed by atoms with Gasteiger partial charge in [-0.2, -0.15) is 0 Å². The average molecular weight is 633 g/mol. The van der Waals surface area contributed by atoms with E-state index in [9.17, 15) is 40.2 Å². The molecule has 5 aliphatic carbocycles. The molecule has 7 unspecified atom stereocenters. The van der Waals surface area contributed by atoms with Crippen molar-refractivity contribution in [3.8, 4) is 0 Å². The number of hydrogen-bond acceptors (Lipinski definition) is 7. The van der Waals surface area contributed by atoms with Crippen molar-refractivity contribution in [3.63, 3.8) is 0 Å². The average Bonchev–Trinajstić information content (AvgIpc) is 2.97. The Morgan fingerprint density at radius 3 is 2.20 bits per heavy atom. The highest BCUT2D eigenvalue weighted by Crippen LogP contribution is 2.75. The highest BCUT2D eigenvalue weighted by Gasteiger charge is 2.69. The van der Waals surface area contributed by atoms with Crippen LogP contribution in [0.3, 0.4) is 0 Å². The highest BCUT2D eigenvalue weighted by atomic mass is 16.6. The molecule has 0 aromatic heterocycles. The largest absolute Gasteiger partial charge is 0.481 e. The summed E-state index contributed by atoms with van der Waals surface area (Å²) in [5.41, 5.74) is 0.660. The van der Waals surface area contributed by atoms with Crippen LogP contribution < -0.4 is 0 Å². The van der Waals surface area contributed by atoms with E-state index in [0.29, 0.717) is 30.1 Å². The lowest BCUT2D eigenvalue weighted by Crippen LogP contribution is -2.66. The van der Waals surface area contributed by atoms with E-state index in [4.69, 9.17) is 4.74 Å². The van der Waals surface area contributed by atoms with Gasteiger partial charge in [0.1, 0.15) is 24.4 Å². The van der Waals surface area contributed by atoms with Crippen molar-refractivity contribution in [2.75, 3.05) is 0 Å². The first-order valence-corrected chi connectivity index (χ1v) is 17.5. The van der Waals surface area contributed by atoms with Crippen LogP contribution in [0, 0.1) is 63.1 Å². The van der Waals surface area contributed by atoms with Crippen LogP contribution in [0.2, 0.25) is 0 Å². The molecule has 6 N–H and O–H groups in total. The van der Waals surface area contributed by atoms with Crippen molar-refractivity contribution in [2.24, 2.45) is 63.1 Å². The summed E-state index contributed by atoms with van der Waals surface area (Å²) in [5, 5.41) is 63.1. The van der Waals surface area contributed by atoms with E-state index < -0.39 is 54.0 Å². The molecule has 5 fully saturated rings. The maximum atomic E-state index is 13.0. The lowest BCUT2D eigenvalue weighted by atomic mass is 9.34. The van der Waals surface area contributed by atoms with E-state index in [1.54, 1.807) is 0 Å². The Bertz CT molecular complexity index is 1230. The van der Waals surface area contributed by atoms with Crippen molar-refractivity contribution < 1.29 is 45.0 Å². The molecule has 6 aliphatic rings. The molecular weight excluding hydrogens is 576 g/mol. The van der Waals surface area contributed by atoms with E-state index >= 15 is 0 Å². The van der Waals surface area contributed by atoms with Gasteiger partial charge in [-0.25, -0.2) is 4.79 Å². The first-order valence-electron chi connectivity index (χ1n) is 17.5. The van der Waals surface area contributed by atoms with Crippen molar-refractivity contribution in [2.45, 2.75) is 136 Å². The summed E-state index contributed by atoms with van der Waals surface area (Å²) in [4.78, 5) is 24.7. The molecule has 4 saturated carbocycles. The molecule has 1 saturated heterocycles. The van der Waals surface area contributed by atoms with Crippen LogP contribution in [0.25, 0.3) is 0 Å². The zero-order valence-electron chi connectivity index (χ0n) is 27.9. The summed E-state index contributed by atoms with van der Waals surface area (Å²) >= 11 is 0. The van der Waals surface area contributed by atoms with E-state index in [1.165, 1.54) is 5.57 Å². The van der Waals surface area contributed by atoms with Crippen LogP contribution in [-0.4, -0.2) is 79.2 Å². The molecular formula is C36H56O9. The third kappa shape index (κ3) is 4.42. The second-order valence-electron chi connectivity index (χ2n) is 17.0. The molecule has 0 radical (unpaired) electrons. The molecule has 0 aromatic carbocycles. The predicted octanol–water partition coefficient (Wildman–Crippen LogP) is 4.25. The Balaban J connectivity index is 1.29. The molecule has 1 heterocycles. The standard InChI is InChI=1S/C36H56O9/c1-17-9-14-36(32(43)44)16-15-34(5)22(24(36)18(17)2)7-8-23-33(4)12-10-20(19(3)21(33)11-13-35(23,34)6)25(37)29-27(39)26(38)28(40)30(45-29)31(41)42/h7,17-21,23-30,37-40H,8-16H2,1-6H3,(H,41,42)(H,43,44)/t17-,18+,19+,20+,21?,23?,24?,25?,26?,27?,28+,29+,30?,33+,34-,35-,36+/m1/s1. The molecule has 17 atom stereocenters. The number of carbonyl (C=O) groups is 2. The third-order valence-electron chi connectivity index (χ3n) is 15.7. The van der Waals surface area contributed by atoms with Crippen LogP contribution in [0.5, 0.6) is 0 Å². The fourth-order valence-electron chi connectivity index (χ4n) is 12.6. The monoisotopic (exact) mass is 632 g/mol. The number of aliphatic hydroxyl groups is 4. The minimum atomic E-state index is -1.78. The van der Waals surface area contributed by atoms with Crippen LogP contribution in [0.4, 0.5) is 0 Å². The number of carboxylic acids is 2. The number of carboxylic acid groups (broad SMARTS) is 2. The molecule has 0 aromatic rings. The number of hydrogen-bond donors (Lipinski definition) is 6. The summed E-state index contributed by atoms with van der Waals surface area (Å²) in [7, 11) is 0. The van der Waals surface area contributed by atoms with Crippen molar-refractivity contribution in [3.05, 3.63) is 11.6 Å². The minimum absolute atomic E-state index is 0.00811. The zero-order chi connectivity index (χ0) is 33.0. The van der Waals surface area contributed by atoms with Gasteiger partial charge in [0.05, 0.1) is 11.5 Å². The lowest BCUT2D eigenvalue weighted by molar-refractivity contribution is -0.256. The third-order valence-corrected chi connectivity index (χ3v) is 15.7. The summed E-state index contributed by atoms with van der Waals surface area (Å²) in [5.74, 6) is -0.681. The number of rotatable bonds is 4. The van der Waals surface area contributed by atoms with Gasteiger partial charge in [0.15, 0.2) is 6.10 Å². The Kier molecular flexibility index (Phi) is 8.17. The van der Waals surface area contributed by atoms with Gasteiger partial charge in [-0.1, -0.05) is 53.2 Å². The quantitative estimate of drug-likeness (QED) is 0.249. The number of allylic oxidation sites excluding steroid dienone is 2. The van der Waals surface area contributed by atoms with Gasteiger partial charge in [0, 0.05) is 0 Å². The molecule has 0 spiro atoms. The van der Waals surface area contributed by atoms with Crippen molar-refractivity contribution >= 4 is 11.9 Å². The number of fused-ring (bicyclic) bond motifs is 7. The first kappa shape index (κ1) is 33.4. The van der Waals surface area contributed by atoms with Crippen molar-refractivity contribution in [1.82, 2.24) is 0 Å². The number of aliphatic hydroxyl groups excluding tert-OH is 4. The molecule has 1 aliphatic heterocycles. The van der Waals surface area contributed by atoms with E-state index in [1.807, 2.05) is 0 Å². The van der Waals surface area contributed by atoms with E-state index in [0.717, 1.165) is 51.4 Å². The molecule has 9 nitrogen and oxygen atoms in total. The summed E-state index contributed by atoms with van der Waals surface area (Å²) in [6.07, 6.45) is 0.945. The summed E-state index contributed by atoms with van der Waals surface area (Å²) in [6.45, 7) is 14.1. The Hall–Kier alpha value is -1.52. The number of aliphatic carboxylic acids is 2. The molecule has 0 amide bonds. The van der Waals surface area contributed by atoms with Gasteiger partial charge in [-0.3, -0.25) is 4.79 Å². The smallest absolute Gasteiger partial charge is 0.335 e. The first-order chi connectivity index (χ1) is 21.0. The molecule has 0 bridgehead atoms. The summed E-state index contributed by atoms with van der Waals surface area (Å²) < 4.78 is 5.57. The predicted molar refractivity (Wildman–Crippen MR) is 166 cm³/mol. The van der Waals surface area contributed by atoms with Gasteiger partial charge in [0.25, 0.3) is 0 Å². The van der Waals surface area contributed by atoms with Gasteiger partial charge >= 0.3 is 11.9 Å². The maximum Gasteiger partial charge on any atom is 0.335 e. The van der Waals surface area contributed by atoms with Gasteiger partial charge in [-0.05, 0) is 115 Å². The fourth-order valence-corrected chi connectivity index (χ4v) is 12.6. The molecule has 6 rings (SSSR count). The van der Waals surface area contributed by atoms with E-state index in [-0.39, 0.29) is 34.0 Å². The second-order valence-corrected chi connectivity index (χ2v) is 17.0. The summed E-state index contributed by atoms with van der Waals surface area (Å²) in [6, 6.07) is 0.